The molecule has 118 valence electrons. The van der Waals surface area contributed by atoms with Gasteiger partial charge in [-0.3, -0.25) is 0 Å². The van der Waals surface area contributed by atoms with Gasteiger partial charge in [-0.15, -0.1) is 0 Å². The van der Waals surface area contributed by atoms with E-state index in [1.165, 1.54) is 0 Å². The van der Waals surface area contributed by atoms with Crippen LogP contribution in [0, 0.1) is 27.7 Å². The summed E-state index contributed by atoms with van der Waals surface area (Å²) in [6.45, 7) is 9.47. The van der Waals surface area contributed by atoms with Crippen molar-refractivity contribution in [1.82, 2.24) is 9.62 Å². The molecule has 1 unspecified atom stereocenters. The third kappa shape index (κ3) is 3.00. The largest absolute Gasteiger partial charge is 0.315 e. The molecule has 0 saturated carbocycles. The number of nitrogens with one attached hydrogen (secondary N) is 1. The van der Waals surface area contributed by atoms with Crippen LogP contribution in [-0.4, -0.2) is 38.9 Å². The first kappa shape index (κ1) is 16.5. The Morgan fingerprint density at radius 1 is 1.14 bits per heavy atom. The number of sulfonamides is 1. The quantitative estimate of drug-likeness (QED) is 0.932. The monoisotopic (exact) mass is 310 g/mol. The van der Waals surface area contributed by atoms with Crippen molar-refractivity contribution in [1.29, 1.82) is 0 Å². The Bertz CT molecular complexity index is 606. The minimum absolute atomic E-state index is 0.0448. The SMILES string of the molecule is Cc1cc(C)c(C)c(S(=O)(=O)N(C)C2CCCNC2)c1C. The number of hydrogen-bond donors (Lipinski definition) is 1. The molecule has 1 fully saturated rings. The predicted molar refractivity (Wildman–Crippen MR) is 86.2 cm³/mol. The van der Waals surface area contributed by atoms with Gasteiger partial charge in [0.15, 0.2) is 0 Å². The first-order valence-corrected chi connectivity index (χ1v) is 8.97. The maximum Gasteiger partial charge on any atom is 0.243 e. The van der Waals surface area contributed by atoms with E-state index in [9.17, 15) is 8.42 Å². The normalized spacial score (nSPS) is 20.0. The number of aryl methyl sites for hydroxylation is 2. The van der Waals surface area contributed by atoms with Gasteiger partial charge in [-0.25, -0.2) is 8.42 Å². The van der Waals surface area contributed by atoms with Crippen LogP contribution in [-0.2, 0) is 10.0 Å². The zero-order chi connectivity index (χ0) is 15.8. The lowest BCUT2D eigenvalue weighted by Crippen LogP contribution is -2.46. The van der Waals surface area contributed by atoms with Crippen molar-refractivity contribution >= 4 is 10.0 Å². The van der Waals surface area contributed by atoms with Crippen LogP contribution in [0.2, 0.25) is 0 Å². The summed E-state index contributed by atoms with van der Waals surface area (Å²) >= 11 is 0. The van der Waals surface area contributed by atoms with Gasteiger partial charge in [0.2, 0.25) is 10.0 Å². The zero-order valence-electron chi connectivity index (χ0n) is 13.7. The fourth-order valence-corrected chi connectivity index (χ4v) is 5.01. The van der Waals surface area contributed by atoms with E-state index in [0.29, 0.717) is 4.90 Å². The van der Waals surface area contributed by atoms with Crippen molar-refractivity contribution in [2.75, 3.05) is 20.1 Å². The number of piperidine rings is 1. The Morgan fingerprint density at radius 3 is 2.19 bits per heavy atom. The van der Waals surface area contributed by atoms with Gasteiger partial charge in [0, 0.05) is 19.6 Å². The van der Waals surface area contributed by atoms with Crippen molar-refractivity contribution in [2.24, 2.45) is 0 Å². The van der Waals surface area contributed by atoms with Crippen LogP contribution in [0.1, 0.15) is 35.1 Å². The van der Waals surface area contributed by atoms with Gasteiger partial charge in [0.25, 0.3) is 0 Å². The van der Waals surface area contributed by atoms with E-state index >= 15 is 0 Å². The van der Waals surface area contributed by atoms with Crippen molar-refractivity contribution in [3.8, 4) is 0 Å². The van der Waals surface area contributed by atoms with Crippen LogP contribution in [0.5, 0.6) is 0 Å². The first-order valence-electron chi connectivity index (χ1n) is 7.53. The lowest BCUT2D eigenvalue weighted by molar-refractivity contribution is 0.300. The molecule has 1 heterocycles. The predicted octanol–water partition coefficient (Wildman–Crippen LogP) is 2.29. The van der Waals surface area contributed by atoms with Crippen LogP contribution in [0.3, 0.4) is 0 Å². The number of hydrogen-bond acceptors (Lipinski definition) is 3. The van der Waals surface area contributed by atoms with Crippen molar-refractivity contribution in [2.45, 2.75) is 51.5 Å². The molecule has 5 heteroatoms. The molecule has 0 aliphatic carbocycles. The van der Waals surface area contributed by atoms with E-state index < -0.39 is 10.0 Å². The fourth-order valence-electron chi connectivity index (χ4n) is 3.05. The van der Waals surface area contributed by atoms with E-state index in [0.717, 1.165) is 48.2 Å². The average Bonchev–Trinajstić information content (AvgIpc) is 2.45. The molecule has 0 spiro atoms. The minimum Gasteiger partial charge on any atom is -0.315 e. The molecular weight excluding hydrogens is 284 g/mol. The van der Waals surface area contributed by atoms with Crippen LogP contribution < -0.4 is 5.32 Å². The summed E-state index contributed by atoms with van der Waals surface area (Å²) in [5.41, 5.74) is 3.81. The number of likely N-dealkylation sites (N-methyl/N-ethyl adjacent to an activating group) is 1. The fraction of sp³-hybridized carbons (Fsp3) is 0.625. The Labute approximate surface area is 128 Å². The van der Waals surface area contributed by atoms with Gasteiger partial charge in [-0.2, -0.15) is 4.31 Å². The van der Waals surface area contributed by atoms with E-state index in [2.05, 4.69) is 11.4 Å². The summed E-state index contributed by atoms with van der Waals surface area (Å²) < 4.78 is 27.7. The molecule has 1 N–H and O–H groups in total. The second-order valence-electron chi connectivity index (χ2n) is 6.11. The first-order chi connectivity index (χ1) is 9.76. The van der Waals surface area contributed by atoms with E-state index in [-0.39, 0.29) is 6.04 Å². The Kier molecular flexibility index (Phi) is 4.76. The van der Waals surface area contributed by atoms with Gasteiger partial charge in [0.1, 0.15) is 0 Å². The summed E-state index contributed by atoms with van der Waals surface area (Å²) in [6.07, 6.45) is 1.95. The Balaban J connectivity index is 2.49. The van der Waals surface area contributed by atoms with Crippen LogP contribution >= 0.6 is 0 Å². The molecule has 0 aromatic heterocycles. The highest BCUT2D eigenvalue weighted by Crippen LogP contribution is 2.29. The highest BCUT2D eigenvalue weighted by atomic mass is 32.2. The van der Waals surface area contributed by atoms with Crippen molar-refractivity contribution < 1.29 is 8.42 Å². The smallest absolute Gasteiger partial charge is 0.243 e. The summed E-state index contributed by atoms with van der Waals surface area (Å²) in [4.78, 5) is 0.494. The average molecular weight is 310 g/mol. The van der Waals surface area contributed by atoms with Gasteiger partial charge in [0.05, 0.1) is 4.90 Å². The maximum absolute atomic E-state index is 13.1. The lowest BCUT2D eigenvalue weighted by atomic mass is 10.0. The highest BCUT2D eigenvalue weighted by molar-refractivity contribution is 7.89. The minimum atomic E-state index is -3.45. The number of nitrogens with zero attached hydrogens (tertiary/aromatic N) is 1. The molecule has 21 heavy (non-hydrogen) atoms. The topological polar surface area (TPSA) is 49.4 Å². The summed E-state index contributed by atoms with van der Waals surface area (Å²) in [5.74, 6) is 0. The van der Waals surface area contributed by atoms with Crippen LogP contribution in [0.4, 0.5) is 0 Å². The molecule has 0 radical (unpaired) electrons. The van der Waals surface area contributed by atoms with Gasteiger partial charge in [-0.05, 0) is 69.3 Å². The summed E-state index contributed by atoms with van der Waals surface area (Å²) in [7, 11) is -1.74. The van der Waals surface area contributed by atoms with Gasteiger partial charge < -0.3 is 5.32 Å². The molecule has 1 aliphatic heterocycles. The molecule has 2 rings (SSSR count). The second-order valence-corrected chi connectivity index (χ2v) is 8.05. The molecule has 1 atom stereocenters. The Morgan fingerprint density at radius 2 is 1.71 bits per heavy atom. The van der Waals surface area contributed by atoms with E-state index in [4.69, 9.17) is 0 Å². The third-order valence-electron chi connectivity index (χ3n) is 4.72. The zero-order valence-corrected chi connectivity index (χ0v) is 14.5. The summed E-state index contributed by atoms with van der Waals surface area (Å²) in [6, 6.07) is 2.11. The molecule has 0 bridgehead atoms. The van der Waals surface area contributed by atoms with Crippen molar-refractivity contribution in [3.05, 3.63) is 28.3 Å². The van der Waals surface area contributed by atoms with Crippen LogP contribution in [0.25, 0.3) is 0 Å². The molecular formula is C16H26N2O2S. The molecule has 4 nitrogen and oxygen atoms in total. The molecule has 1 aromatic rings. The lowest BCUT2D eigenvalue weighted by Gasteiger charge is -2.32. The standard InChI is InChI=1S/C16H26N2O2S/c1-11-9-12(2)14(4)16(13(11)3)21(19,20)18(5)15-7-6-8-17-10-15/h9,15,17H,6-8,10H2,1-5H3. The van der Waals surface area contributed by atoms with Gasteiger partial charge in [-0.1, -0.05) is 6.07 Å². The second kappa shape index (κ2) is 6.07. The molecule has 1 aliphatic rings. The number of rotatable bonds is 3. The van der Waals surface area contributed by atoms with Gasteiger partial charge >= 0.3 is 0 Å². The molecule has 0 amide bonds. The third-order valence-corrected chi connectivity index (χ3v) is 6.90. The highest BCUT2D eigenvalue weighted by Gasteiger charge is 2.32. The Hall–Kier alpha value is -0.910. The van der Waals surface area contributed by atoms with Crippen LogP contribution in [0.15, 0.2) is 11.0 Å². The van der Waals surface area contributed by atoms with Crippen molar-refractivity contribution in [3.63, 3.8) is 0 Å². The van der Waals surface area contributed by atoms with E-state index in [1.54, 1.807) is 11.4 Å². The molecule has 1 aromatic carbocycles. The maximum atomic E-state index is 13.1. The number of benzene rings is 1. The summed E-state index contributed by atoms with van der Waals surface area (Å²) in [5, 5.41) is 3.29. The molecule has 1 saturated heterocycles. The van der Waals surface area contributed by atoms with E-state index in [1.807, 2.05) is 27.7 Å².